The number of rotatable bonds is 7. The van der Waals surface area contributed by atoms with Crippen LogP contribution in [0.1, 0.15) is 10.4 Å². The smallest absolute Gasteiger partial charge is 0.545 e. The number of aromatic nitrogens is 2. The Balaban J connectivity index is 0.00000256. The maximum atomic E-state index is 11.4. The first-order valence-electron chi connectivity index (χ1n) is 9.58. The first-order chi connectivity index (χ1) is 14.2. The van der Waals surface area contributed by atoms with E-state index in [-0.39, 0.29) is 24.4 Å². The number of H-pyrrole nitrogens is 1. The molecule has 0 saturated carbocycles. The van der Waals surface area contributed by atoms with Crippen LogP contribution in [0.25, 0.3) is 22.4 Å². The predicted molar refractivity (Wildman–Crippen MR) is 108 cm³/mol. The molecule has 2 heterocycles. The molecule has 1 aliphatic heterocycles. The van der Waals surface area contributed by atoms with Crippen molar-refractivity contribution in [3.05, 3.63) is 42.0 Å². The fourth-order valence-corrected chi connectivity index (χ4v) is 3.47. The number of hydrogen-bond donors (Lipinski definition) is 2. The van der Waals surface area contributed by atoms with Gasteiger partial charge in [-0.3, -0.25) is 4.90 Å². The van der Waals surface area contributed by atoms with Crippen molar-refractivity contribution in [1.29, 1.82) is 0 Å². The topological polar surface area (TPSA) is 103 Å². The number of aromatic carboxylic acids is 1. The zero-order chi connectivity index (χ0) is 20.2. The minimum atomic E-state index is -1.27. The molecule has 30 heavy (non-hydrogen) atoms. The second kappa shape index (κ2) is 10.0. The molecule has 4 rings (SSSR count). The van der Waals surface area contributed by atoms with Gasteiger partial charge in [0.2, 0.25) is 0 Å². The Labute approximate surface area is 186 Å². The fraction of sp³-hybridized carbons (Fsp3) is 0.333. The van der Waals surface area contributed by atoms with Gasteiger partial charge in [-0.2, -0.15) is 0 Å². The van der Waals surface area contributed by atoms with Crippen molar-refractivity contribution in [2.24, 2.45) is 0 Å². The van der Waals surface area contributed by atoms with Gasteiger partial charge < -0.3 is 29.7 Å². The number of carbonyl (C=O) groups is 1. The van der Waals surface area contributed by atoms with Crippen molar-refractivity contribution in [3.8, 4) is 17.1 Å². The van der Waals surface area contributed by atoms with Crippen LogP contribution in [0.4, 0.5) is 5.69 Å². The van der Waals surface area contributed by atoms with Crippen molar-refractivity contribution < 1.29 is 38.2 Å². The standard InChI is InChI=1S/C21H24N4O4.Li/c1-28-17-7-6-16(21(26)27)18-19(17)24-20(23-18)14-2-4-15(5-3-14)22-8-9-25-10-12-29-13-11-25;/h2-7,22H,8-13H2,1H3,(H,23,24)(H,26,27);/q;+1/p-1. The number of benzene rings is 2. The van der Waals surface area contributed by atoms with Crippen LogP contribution in [-0.4, -0.2) is 67.3 Å². The number of imidazole rings is 1. The maximum Gasteiger partial charge on any atom is 1.00 e. The minimum Gasteiger partial charge on any atom is -0.545 e. The average molecular weight is 402 g/mol. The van der Waals surface area contributed by atoms with E-state index in [4.69, 9.17) is 9.47 Å². The fourth-order valence-electron chi connectivity index (χ4n) is 3.47. The van der Waals surface area contributed by atoms with Crippen molar-refractivity contribution in [1.82, 2.24) is 14.9 Å². The zero-order valence-corrected chi connectivity index (χ0v) is 17.2. The van der Waals surface area contributed by atoms with Gasteiger partial charge in [0.1, 0.15) is 22.6 Å². The van der Waals surface area contributed by atoms with Crippen molar-refractivity contribution in [3.63, 3.8) is 0 Å². The predicted octanol–water partition coefficient (Wildman–Crippen LogP) is -1.65. The molecule has 0 atom stereocenters. The van der Waals surface area contributed by atoms with Crippen LogP contribution in [0, 0.1) is 0 Å². The Morgan fingerprint density at radius 3 is 2.63 bits per heavy atom. The van der Waals surface area contributed by atoms with Gasteiger partial charge in [-0.25, -0.2) is 4.98 Å². The van der Waals surface area contributed by atoms with Gasteiger partial charge >= 0.3 is 18.9 Å². The Morgan fingerprint density at radius 2 is 1.97 bits per heavy atom. The Hall–Kier alpha value is -2.50. The van der Waals surface area contributed by atoms with Gasteiger partial charge in [-0.05, 0) is 36.4 Å². The maximum absolute atomic E-state index is 11.4. The third-order valence-electron chi connectivity index (χ3n) is 5.07. The molecule has 0 amide bonds. The number of anilines is 1. The number of aromatic amines is 1. The summed E-state index contributed by atoms with van der Waals surface area (Å²) in [7, 11) is 1.53. The molecule has 3 aromatic rings. The van der Waals surface area contributed by atoms with Crippen molar-refractivity contribution >= 4 is 22.7 Å². The summed E-state index contributed by atoms with van der Waals surface area (Å²) in [5, 5.41) is 14.8. The number of hydrogen-bond acceptors (Lipinski definition) is 7. The first-order valence-corrected chi connectivity index (χ1v) is 9.58. The Kier molecular flexibility index (Phi) is 7.40. The molecular weight excluding hydrogens is 379 g/mol. The van der Waals surface area contributed by atoms with Crippen LogP contribution in [0.15, 0.2) is 36.4 Å². The third kappa shape index (κ3) is 4.79. The molecule has 1 saturated heterocycles. The molecule has 0 aliphatic carbocycles. The Morgan fingerprint density at radius 1 is 1.23 bits per heavy atom. The molecule has 0 bridgehead atoms. The molecule has 0 radical (unpaired) electrons. The molecule has 2 N–H and O–H groups in total. The number of methoxy groups -OCH3 is 1. The van der Waals surface area contributed by atoms with Crippen LogP contribution >= 0.6 is 0 Å². The van der Waals surface area contributed by atoms with Crippen molar-refractivity contribution in [2.45, 2.75) is 0 Å². The van der Waals surface area contributed by atoms with Gasteiger partial charge in [0, 0.05) is 43.0 Å². The van der Waals surface area contributed by atoms with Crippen LogP contribution in [0.3, 0.4) is 0 Å². The van der Waals surface area contributed by atoms with E-state index in [1.807, 2.05) is 24.3 Å². The van der Waals surface area contributed by atoms with Crippen LogP contribution in [0.2, 0.25) is 0 Å². The molecule has 8 nitrogen and oxygen atoms in total. The molecule has 152 valence electrons. The number of nitrogens with zero attached hydrogens (tertiary/aromatic N) is 2. The van der Waals surface area contributed by atoms with E-state index >= 15 is 0 Å². The number of morpholine rings is 1. The number of carboxylic acid groups (broad SMARTS) is 1. The first kappa shape index (κ1) is 22.2. The molecular formula is C21H23LiN4O4. The van der Waals surface area contributed by atoms with Gasteiger partial charge in [0.15, 0.2) is 0 Å². The molecule has 1 fully saturated rings. The normalized spacial score (nSPS) is 14.3. The zero-order valence-electron chi connectivity index (χ0n) is 17.2. The van der Waals surface area contributed by atoms with Crippen LogP contribution in [-0.2, 0) is 4.74 Å². The van der Waals surface area contributed by atoms with E-state index in [1.54, 1.807) is 6.07 Å². The molecule has 0 unspecified atom stereocenters. The van der Waals surface area contributed by atoms with E-state index < -0.39 is 5.97 Å². The van der Waals surface area contributed by atoms with Gasteiger partial charge in [-0.15, -0.1) is 0 Å². The number of carboxylic acids is 1. The third-order valence-corrected chi connectivity index (χ3v) is 5.07. The van der Waals surface area contributed by atoms with Gasteiger partial charge in [0.05, 0.1) is 26.3 Å². The second-order valence-corrected chi connectivity index (χ2v) is 6.87. The average Bonchev–Trinajstić information content (AvgIpc) is 3.19. The summed E-state index contributed by atoms with van der Waals surface area (Å²) in [5.74, 6) is -0.160. The van der Waals surface area contributed by atoms with E-state index in [9.17, 15) is 9.90 Å². The quantitative estimate of drug-likeness (QED) is 0.457. The number of ether oxygens (including phenoxy) is 2. The van der Waals surface area contributed by atoms with Crippen molar-refractivity contribution in [2.75, 3.05) is 51.8 Å². The van der Waals surface area contributed by atoms with Crippen LogP contribution in [0.5, 0.6) is 5.75 Å². The SMILES string of the molecule is COc1ccc(C(=O)[O-])c2nc(-c3ccc(NCCN4CCOCC4)cc3)[nH]c12.[Li+]. The summed E-state index contributed by atoms with van der Waals surface area (Å²) >= 11 is 0. The summed E-state index contributed by atoms with van der Waals surface area (Å²) in [6, 6.07) is 10.9. The van der Waals surface area contributed by atoms with E-state index in [0.717, 1.165) is 50.6 Å². The molecule has 1 aliphatic rings. The number of fused-ring (bicyclic) bond motifs is 1. The largest absolute Gasteiger partial charge is 1.00 e. The van der Waals surface area contributed by atoms with E-state index in [1.165, 1.54) is 13.2 Å². The molecule has 2 aromatic carbocycles. The Bertz CT molecular complexity index is 1000. The second-order valence-electron chi connectivity index (χ2n) is 6.87. The summed E-state index contributed by atoms with van der Waals surface area (Å²) in [6.45, 7) is 5.39. The molecule has 1 aromatic heterocycles. The monoisotopic (exact) mass is 402 g/mol. The summed E-state index contributed by atoms with van der Waals surface area (Å²) in [6.07, 6.45) is 0. The van der Waals surface area contributed by atoms with E-state index in [2.05, 4.69) is 20.2 Å². The van der Waals surface area contributed by atoms with Gasteiger partial charge in [0.25, 0.3) is 0 Å². The number of carbonyl (C=O) groups excluding carboxylic acids is 1. The molecule has 9 heteroatoms. The van der Waals surface area contributed by atoms with Crippen LogP contribution < -0.4 is 34.0 Å². The summed E-state index contributed by atoms with van der Waals surface area (Å²) in [4.78, 5) is 21.4. The van der Waals surface area contributed by atoms with E-state index in [0.29, 0.717) is 22.6 Å². The summed E-state index contributed by atoms with van der Waals surface area (Å²) < 4.78 is 10.7. The minimum absolute atomic E-state index is 0. The number of nitrogens with one attached hydrogen (secondary N) is 2. The molecule has 0 spiro atoms. The summed E-state index contributed by atoms with van der Waals surface area (Å²) in [5.41, 5.74) is 2.77. The van der Waals surface area contributed by atoms with Gasteiger partial charge in [-0.1, -0.05) is 0 Å².